The van der Waals surface area contributed by atoms with Crippen LogP contribution in [0.1, 0.15) is 43.4 Å². The summed E-state index contributed by atoms with van der Waals surface area (Å²) in [6.45, 7) is 5.43. The Labute approximate surface area is 179 Å². The molecule has 1 saturated heterocycles. The van der Waals surface area contributed by atoms with Crippen LogP contribution in [0.3, 0.4) is 0 Å². The van der Waals surface area contributed by atoms with Crippen molar-refractivity contribution in [1.82, 2.24) is 4.90 Å². The van der Waals surface area contributed by atoms with Crippen LogP contribution in [-0.4, -0.2) is 40.9 Å². The summed E-state index contributed by atoms with van der Waals surface area (Å²) in [5.74, 6) is -0.561. The number of carbonyl (C=O) groups excluding carboxylic acids is 1. The van der Waals surface area contributed by atoms with E-state index in [0.29, 0.717) is 5.56 Å². The largest absolute Gasteiger partial charge is 0.489 e. The van der Waals surface area contributed by atoms with Crippen molar-refractivity contribution in [3.63, 3.8) is 0 Å². The zero-order valence-corrected chi connectivity index (χ0v) is 17.6. The lowest BCUT2D eigenvalue weighted by atomic mass is 9.94. The minimum Gasteiger partial charge on any atom is -0.489 e. The van der Waals surface area contributed by atoms with Crippen molar-refractivity contribution in [1.29, 1.82) is 0 Å². The molecule has 1 N–H and O–H groups in total. The van der Waals surface area contributed by atoms with E-state index in [1.54, 1.807) is 20.8 Å². The fraction of sp³-hybridized carbons (Fsp3) is 0.435. The number of ether oxygens (including phenoxy) is 2. The Balaban J connectivity index is 1.86. The Morgan fingerprint density at radius 1 is 1.10 bits per heavy atom. The summed E-state index contributed by atoms with van der Waals surface area (Å²) in [6.07, 6.45) is -6.06. The fourth-order valence-electron chi connectivity index (χ4n) is 3.45. The Bertz CT molecular complexity index is 909. The van der Waals surface area contributed by atoms with Gasteiger partial charge < -0.3 is 19.5 Å². The molecule has 5 nitrogen and oxygen atoms in total. The molecule has 1 fully saturated rings. The van der Waals surface area contributed by atoms with Crippen LogP contribution in [0.4, 0.5) is 18.0 Å². The summed E-state index contributed by atoms with van der Waals surface area (Å²) < 4.78 is 50.9. The minimum atomic E-state index is -4.53. The predicted molar refractivity (Wildman–Crippen MR) is 109 cm³/mol. The maximum Gasteiger partial charge on any atom is 0.416 e. The zero-order valence-electron chi connectivity index (χ0n) is 17.6. The van der Waals surface area contributed by atoms with Crippen molar-refractivity contribution in [3.8, 4) is 5.75 Å². The quantitative estimate of drug-likeness (QED) is 0.733. The lowest BCUT2D eigenvalue weighted by Gasteiger charge is -2.24. The minimum absolute atomic E-state index is 0.0265. The predicted octanol–water partition coefficient (Wildman–Crippen LogP) is 4.98. The Kier molecular flexibility index (Phi) is 6.50. The molecule has 2 unspecified atom stereocenters. The molecule has 1 aliphatic heterocycles. The van der Waals surface area contributed by atoms with Crippen LogP contribution in [0.25, 0.3) is 0 Å². The Morgan fingerprint density at radius 3 is 2.39 bits per heavy atom. The summed E-state index contributed by atoms with van der Waals surface area (Å²) in [5.41, 5.74) is -0.315. The number of amides is 1. The number of β-amino-alcohol motifs (C(OH)–C–C–N with tert-alkyl or cyclic N) is 1. The number of nitrogens with zero attached hydrogens (tertiary/aromatic N) is 1. The number of halogens is 3. The van der Waals surface area contributed by atoms with Crippen molar-refractivity contribution in [2.75, 3.05) is 13.1 Å². The molecule has 168 valence electrons. The SMILES string of the molecule is CC(C)(C)OC(=O)N1CC(O)C(c2ccc(C(F)(F)F)cc2OCc2ccccc2)C1. The van der Waals surface area contributed by atoms with E-state index in [1.165, 1.54) is 11.0 Å². The van der Waals surface area contributed by atoms with E-state index in [9.17, 15) is 23.1 Å². The second kappa shape index (κ2) is 8.78. The number of hydrogen-bond acceptors (Lipinski definition) is 4. The van der Waals surface area contributed by atoms with Crippen molar-refractivity contribution in [2.45, 2.75) is 51.2 Å². The van der Waals surface area contributed by atoms with E-state index in [0.717, 1.165) is 17.7 Å². The van der Waals surface area contributed by atoms with E-state index in [4.69, 9.17) is 9.47 Å². The second-order valence-electron chi connectivity index (χ2n) is 8.58. The molecule has 0 radical (unpaired) electrons. The summed E-state index contributed by atoms with van der Waals surface area (Å²) in [7, 11) is 0. The second-order valence-corrected chi connectivity index (χ2v) is 8.58. The number of alkyl halides is 3. The highest BCUT2D eigenvalue weighted by Crippen LogP contribution is 2.39. The molecule has 31 heavy (non-hydrogen) atoms. The molecule has 2 aromatic rings. The maximum absolute atomic E-state index is 13.3. The number of carbonyl (C=O) groups is 1. The summed E-state index contributed by atoms with van der Waals surface area (Å²) in [5, 5.41) is 10.6. The van der Waals surface area contributed by atoms with Gasteiger partial charge in [0.25, 0.3) is 0 Å². The number of hydrogen-bond donors (Lipinski definition) is 1. The van der Waals surface area contributed by atoms with Crippen molar-refractivity contribution < 1.29 is 32.5 Å². The molecule has 1 amide bonds. The van der Waals surface area contributed by atoms with Gasteiger partial charge in [0, 0.05) is 18.0 Å². The molecule has 0 spiro atoms. The first-order valence-corrected chi connectivity index (χ1v) is 9.98. The average Bonchev–Trinajstić information content (AvgIpc) is 3.07. The highest BCUT2D eigenvalue weighted by molar-refractivity contribution is 5.69. The van der Waals surface area contributed by atoms with Gasteiger partial charge in [0.2, 0.25) is 0 Å². The number of aliphatic hydroxyl groups is 1. The number of benzene rings is 2. The van der Waals surface area contributed by atoms with Gasteiger partial charge in [-0.15, -0.1) is 0 Å². The molecule has 0 bridgehead atoms. The number of aliphatic hydroxyl groups excluding tert-OH is 1. The van der Waals surface area contributed by atoms with Gasteiger partial charge in [-0.05, 0) is 38.5 Å². The molecule has 0 aliphatic carbocycles. The normalized spacial score (nSPS) is 19.4. The van der Waals surface area contributed by atoms with Crippen LogP contribution in [0.2, 0.25) is 0 Å². The zero-order chi connectivity index (χ0) is 22.8. The summed E-state index contributed by atoms with van der Waals surface area (Å²) in [4.78, 5) is 13.7. The lowest BCUT2D eigenvalue weighted by Crippen LogP contribution is -2.35. The Hall–Kier alpha value is -2.74. The highest BCUT2D eigenvalue weighted by Gasteiger charge is 2.39. The standard InChI is InChI=1S/C23H26F3NO4/c1-22(2,3)31-21(29)27-12-18(19(28)13-27)17-10-9-16(23(24,25)26)11-20(17)30-14-15-7-5-4-6-8-15/h4-11,18-19,28H,12-14H2,1-3H3. The van der Waals surface area contributed by atoms with Crippen molar-refractivity contribution in [2.24, 2.45) is 0 Å². The number of likely N-dealkylation sites (tertiary alicyclic amines) is 1. The van der Waals surface area contributed by atoms with E-state index < -0.39 is 35.5 Å². The number of rotatable bonds is 4. The van der Waals surface area contributed by atoms with E-state index in [1.807, 2.05) is 30.3 Å². The van der Waals surface area contributed by atoms with Crippen LogP contribution >= 0.6 is 0 Å². The molecule has 0 saturated carbocycles. The van der Waals surface area contributed by atoms with Crippen LogP contribution in [0, 0.1) is 0 Å². The molecule has 2 atom stereocenters. The third kappa shape index (κ3) is 5.91. The molecule has 8 heteroatoms. The molecular formula is C23H26F3NO4. The van der Waals surface area contributed by atoms with Gasteiger partial charge in [0.1, 0.15) is 18.0 Å². The van der Waals surface area contributed by atoms with Gasteiger partial charge in [-0.3, -0.25) is 0 Å². The summed E-state index contributed by atoms with van der Waals surface area (Å²) in [6, 6.07) is 12.3. The monoisotopic (exact) mass is 437 g/mol. The van der Waals surface area contributed by atoms with E-state index in [2.05, 4.69) is 0 Å². The smallest absolute Gasteiger partial charge is 0.416 e. The highest BCUT2D eigenvalue weighted by atomic mass is 19.4. The molecule has 3 rings (SSSR count). The maximum atomic E-state index is 13.3. The van der Waals surface area contributed by atoms with Crippen LogP contribution in [0.15, 0.2) is 48.5 Å². The van der Waals surface area contributed by atoms with Gasteiger partial charge in [-0.25, -0.2) is 4.79 Å². The van der Waals surface area contributed by atoms with Crippen LogP contribution in [-0.2, 0) is 17.5 Å². The van der Waals surface area contributed by atoms with E-state index >= 15 is 0 Å². The topological polar surface area (TPSA) is 59.0 Å². The van der Waals surface area contributed by atoms with Crippen LogP contribution in [0.5, 0.6) is 5.75 Å². The molecule has 1 aliphatic rings. The third-order valence-electron chi connectivity index (χ3n) is 4.92. The molecule has 2 aromatic carbocycles. The molecular weight excluding hydrogens is 411 g/mol. The molecule has 0 aromatic heterocycles. The lowest BCUT2D eigenvalue weighted by molar-refractivity contribution is -0.137. The fourth-order valence-corrected chi connectivity index (χ4v) is 3.45. The average molecular weight is 437 g/mol. The first kappa shape index (κ1) is 22.9. The van der Waals surface area contributed by atoms with Gasteiger partial charge in [-0.1, -0.05) is 36.4 Å². The first-order valence-electron chi connectivity index (χ1n) is 9.98. The summed E-state index contributed by atoms with van der Waals surface area (Å²) >= 11 is 0. The van der Waals surface area contributed by atoms with Gasteiger partial charge in [-0.2, -0.15) is 13.2 Å². The van der Waals surface area contributed by atoms with Crippen molar-refractivity contribution in [3.05, 3.63) is 65.2 Å². The third-order valence-corrected chi connectivity index (χ3v) is 4.92. The molecule has 1 heterocycles. The van der Waals surface area contributed by atoms with Crippen molar-refractivity contribution >= 4 is 6.09 Å². The first-order chi connectivity index (χ1) is 14.4. The van der Waals surface area contributed by atoms with Gasteiger partial charge in [0.05, 0.1) is 18.2 Å². The van der Waals surface area contributed by atoms with Gasteiger partial charge >= 0.3 is 12.3 Å². The van der Waals surface area contributed by atoms with E-state index in [-0.39, 0.29) is 25.4 Å². The van der Waals surface area contributed by atoms with Crippen LogP contribution < -0.4 is 4.74 Å². The van der Waals surface area contributed by atoms with Gasteiger partial charge in [0.15, 0.2) is 0 Å². The Morgan fingerprint density at radius 2 is 1.77 bits per heavy atom.